The number of aliphatic hydroxyl groups excluding tert-OH is 3. The summed E-state index contributed by atoms with van der Waals surface area (Å²) < 4.78 is 17.7. The van der Waals surface area contributed by atoms with E-state index in [1.54, 1.807) is 39.0 Å². The highest BCUT2D eigenvalue weighted by Gasteiger charge is 2.77. The number of esters is 2. The van der Waals surface area contributed by atoms with Gasteiger partial charge in [0.25, 0.3) is 0 Å². The molecule has 3 fully saturated rings. The molecule has 39 heavy (non-hydrogen) atoms. The Balaban J connectivity index is 1.81. The summed E-state index contributed by atoms with van der Waals surface area (Å²) in [6, 6.07) is 8.08. The van der Waals surface area contributed by atoms with Gasteiger partial charge in [-0.05, 0) is 37.1 Å². The van der Waals surface area contributed by atoms with Crippen molar-refractivity contribution in [2.24, 2.45) is 16.7 Å². The van der Waals surface area contributed by atoms with Gasteiger partial charge in [-0.25, -0.2) is 4.79 Å². The first-order chi connectivity index (χ1) is 18.1. The molecule has 2 bridgehead atoms. The lowest BCUT2D eigenvalue weighted by atomic mass is 9.44. The maximum atomic E-state index is 14.3. The lowest BCUT2D eigenvalue weighted by Crippen LogP contribution is -2.81. The number of rotatable bonds is 3. The molecule has 2 saturated carbocycles. The smallest absolute Gasteiger partial charge is 0.338 e. The van der Waals surface area contributed by atoms with Crippen molar-refractivity contribution >= 4 is 17.7 Å². The minimum atomic E-state index is -2.07. The average molecular weight is 545 g/mol. The molecule has 0 aromatic heterocycles. The number of hydrogen-bond donors (Lipinski definition) is 4. The molecule has 212 valence electrons. The number of hydrogen-bond acceptors (Lipinski definition) is 10. The Hall–Kier alpha value is -2.63. The SMILES string of the molecule is CC(=O)O[C@]12CO[C@@H]1C[C@H](O)[C@]1(C)C(=O)[C@H](O)C3=C(C)[C@H](O)C[C@@](O)([C@H](OC(=O)c4ccccc4)[C@H]21)C3(C)C. The molecule has 10 nitrogen and oxygen atoms in total. The van der Waals surface area contributed by atoms with Crippen LogP contribution >= 0.6 is 0 Å². The lowest BCUT2D eigenvalue weighted by Gasteiger charge is -2.67. The first-order valence-electron chi connectivity index (χ1n) is 13.2. The fourth-order valence-corrected chi connectivity index (χ4v) is 7.66. The predicted molar refractivity (Wildman–Crippen MR) is 135 cm³/mol. The van der Waals surface area contributed by atoms with Gasteiger partial charge >= 0.3 is 11.9 Å². The minimum Gasteiger partial charge on any atom is -0.455 e. The van der Waals surface area contributed by atoms with Crippen molar-refractivity contribution < 1.29 is 49.0 Å². The Morgan fingerprint density at radius 1 is 1.08 bits per heavy atom. The first kappa shape index (κ1) is 27.9. The maximum Gasteiger partial charge on any atom is 0.338 e. The number of carbonyl (C=O) groups is 3. The van der Waals surface area contributed by atoms with E-state index in [2.05, 4.69) is 0 Å². The minimum absolute atomic E-state index is 0.0828. The average Bonchev–Trinajstić information content (AvgIpc) is 2.87. The van der Waals surface area contributed by atoms with Crippen LogP contribution in [0.2, 0.25) is 0 Å². The van der Waals surface area contributed by atoms with Crippen molar-refractivity contribution in [2.75, 3.05) is 6.61 Å². The number of ether oxygens (including phenoxy) is 3. The molecule has 0 spiro atoms. The normalized spacial score (nSPS) is 42.7. The Kier molecular flexibility index (Phi) is 6.40. The van der Waals surface area contributed by atoms with Crippen LogP contribution in [0.25, 0.3) is 0 Å². The molecule has 1 aromatic carbocycles. The predicted octanol–water partition coefficient (Wildman–Crippen LogP) is 1.08. The number of benzene rings is 1. The van der Waals surface area contributed by atoms with Crippen molar-refractivity contribution in [3.05, 3.63) is 47.0 Å². The second-order valence-corrected chi connectivity index (χ2v) is 12.2. The molecule has 0 radical (unpaired) electrons. The molecular formula is C29H36O10. The molecule has 4 aliphatic rings. The molecule has 1 saturated heterocycles. The number of Topliss-reactive ketones (excluding diaryl/α,β-unsaturated/α-hetero) is 1. The zero-order valence-electron chi connectivity index (χ0n) is 22.7. The summed E-state index contributed by atoms with van der Waals surface area (Å²) in [5.41, 5.74) is -6.24. The molecule has 0 unspecified atom stereocenters. The van der Waals surface area contributed by atoms with Crippen molar-refractivity contribution in [1.82, 2.24) is 0 Å². The molecule has 1 aliphatic heterocycles. The quantitative estimate of drug-likeness (QED) is 0.320. The highest BCUT2D eigenvalue weighted by atomic mass is 16.6. The first-order valence-corrected chi connectivity index (χ1v) is 13.2. The lowest BCUT2D eigenvalue weighted by molar-refractivity contribution is -0.345. The van der Waals surface area contributed by atoms with Crippen LogP contribution in [-0.2, 0) is 23.8 Å². The molecule has 10 heteroatoms. The highest BCUT2D eigenvalue weighted by molar-refractivity contribution is 5.94. The van der Waals surface area contributed by atoms with Crippen LogP contribution < -0.4 is 0 Å². The standard InChI is InChI=1S/C29H36O10/c1-14-17(31)12-29(36)24(38-25(35)16-9-7-6-8-10-16)22-27(5,23(34)21(33)20(14)26(29,3)4)18(32)11-19-28(22,13-37-19)39-15(2)30/h6-10,17-19,21-22,24,31-33,36H,11-13H2,1-5H3/t17-,18+,19-,21-,22+,24-,27+,28-,29-/m1/s1. The van der Waals surface area contributed by atoms with Gasteiger partial charge in [-0.15, -0.1) is 0 Å². The Labute approximate surface area is 226 Å². The zero-order chi connectivity index (χ0) is 28.7. The van der Waals surface area contributed by atoms with Crippen molar-refractivity contribution in [3.8, 4) is 0 Å². The summed E-state index contributed by atoms with van der Waals surface area (Å²) in [4.78, 5) is 40.3. The number of fused-ring (bicyclic) bond motifs is 5. The summed E-state index contributed by atoms with van der Waals surface area (Å²) >= 11 is 0. The third-order valence-corrected chi connectivity index (χ3v) is 9.95. The van der Waals surface area contributed by atoms with Gasteiger partial charge in [0.15, 0.2) is 11.4 Å². The largest absolute Gasteiger partial charge is 0.455 e. The zero-order valence-corrected chi connectivity index (χ0v) is 22.7. The van der Waals surface area contributed by atoms with Gasteiger partial charge < -0.3 is 34.6 Å². The van der Waals surface area contributed by atoms with E-state index in [-0.39, 0.29) is 30.6 Å². The molecule has 5 rings (SSSR count). The summed E-state index contributed by atoms with van der Waals surface area (Å²) in [6.45, 7) is 7.29. The van der Waals surface area contributed by atoms with Gasteiger partial charge in [0, 0.05) is 25.2 Å². The van der Waals surface area contributed by atoms with E-state index < -0.39 is 76.2 Å². The second-order valence-electron chi connectivity index (χ2n) is 12.2. The fourth-order valence-electron chi connectivity index (χ4n) is 7.66. The number of ketones is 1. The van der Waals surface area contributed by atoms with Crippen LogP contribution in [0.4, 0.5) is 0 Å². The van der Waals surface area contributed by atoms with Gasteiger partial charge in [0.05, 0.1) is 35.7 Å². The van der Waals surface area contributed by atoms with E-state index in [0.717, 1.165) is 0 Å². The van der Waals surface area contributed by atoms with E-state index in [9.17, 15) is 34.8 Å². The molecule has 4 N–H and O–H groups in total. The Morgan fingerprint density at radius 2 is 1.72 bits per heavy atom. The van der Waals surface area contributed by atoms with Gasteiger partial charge in [-0.3, -0.25) is 9.59 Å². The molecule has 9 atom stereocenters. The van der Waals surface area contributed by atoms with Crippen LogP contribution in [-0.4, -0.2) is 86.5 Å². The van der Waals surface area contributed by atoms with Crippen LogP contribution in [0.5, 0.6) is 0 Å². The second kappa shape index (κ2) is 8.94. The fraction of sp³-hybridized carbons (Fsp3) is 0.621. The number of carbonyl (C=O) groups excluding carboxylic acids is 3. The van der Waals surface area contributed by atoms with Crippen molar-refractivity contribution in [3.63, 3.8) is 0 Å². The third kappa shape index (κ3) is 3.62. The molecule has 3 aliphatic carbocycles. The monoisotopic (exact) mass is 544 g/mol. The third-order valence-electron chi connectivity index (χ3n) is 9.95. The van der Waals surface area contributed by atoms with Gasteiger partial charge in [-0.2, -0.15) is 0 Å². The van der Waals surface area contributed by atoms with Crippen LogP contribution in [0, 0.1) is 16.7 Å². The van der Waals surface area contributed by atoms with Crippen molar-refractivity contribution in [2.45, 2.75) is 89.2 Å². The van der Waals surface area contributed by atoms with Crippen LogP contribution in [0.1, 0.15) is 57.8 Å². The van der Waals surface area contributed by atoms with Crippen LogP contribution in [0.15, 0.2) is 41.5 Å². The van der Waals surface area contributed by atoms with E-state index in [1.807, 2.05) is 0 Å². The molecular weight excluding hydrogens is 508 g/mol. The maximum absolute atomic E-state index is 14.3. The van der Waals surface area contributed by atoms with Crippen molar-refractivity contribution in [1.29, 1.82) is 0 Å². The summed E-state index contributed by atoms with van der Waals surface area (Å²) in [6.07, 6.45) is -7.26. The molecule has 0 amide bonds. The van der Waals surface area contributed by atoms with Gasteiger partial charge in [0.2, 0.25) is 0 Å². The molecule has 1 heterocycles. The topological polar surface area (TPSA) is 160 Å². The van der Waals surface area contributed by atoms with Crippen LogP contribution in [0.3, 0.4) is 0 Å². The van der Waals surface area contributed by atoms with Gasteiger partial charge in [-0.1, -0.05) is 32.0 Å². The van der Waals surface area contributed by atoms with E-state index >= 15 is 0 Å². The molecule has 1 aromatic rings. The number of aliphatic hydroxyl groups is 4. The Morgan fingerprint density at radius 3 is 2.28 bits per heavy atom. The van der Waals surface area contributed by atoms with Gasteiger partial charge in [0.1, 0.15) is 23.9 Å². The Bertz CT molecular complexity index is 1240. The summed E-state index contributed by atoms with van der Waals surface area (Å²) in [5, 5.41) is 46.7. The van der Waals surface area contributed by atoms with E-state index in [0.29, 0.717) is 5.57 Å². The highest BCUT2D eigenvalue weighted by Crippen LogP contribution is 2.63. The summed E-state index contributed by atoms with van der Waals surface area (Å²) in [5.74, 6) is -3.60. The van der Waals surface area contributed by atoms with E-state index in [4.69, 9.17) is 14.2 Å². The summed E-state index contributed by atoms with van der Waals surface area (Å²) in [7, 11) is 0. The van der Waals surface area contributed by atoms with E-state index in [1.165, 1.54) is 26.0 Å².